The summed E-state index contributed by atoms with van der Waals surface area (Å²) in [6.45, 7) is -0.779. The minimum absolute atomic E-state index is 0.0931. The van der Waals surface area contributed by atoms with Gasteiger partial charge in [-0.05, 0) is 18.2 Å². The predicted molar refractivity (Wildman–Crippen MR) is 120 cm³/mol. The SMILES string of the molecule is CN(C)C(=O)C1CC(=O)c2c([nH]c(-c3ccncc3OCC(F)F)c2Nc2ccccc2)C1. The number of ketones is 1. The molecule has 33 heavy (non-hydrogen) atoms. The van der Waals surface area contributed by atoms with Crippen molar-refractivity contribution in [2.45, 2.75) is 19.3 Å². The number of fused-ring (bicyclic) bond motifs is 1. The van der Waals surface area contributed by atoms with Crippen LogP contribution in [0.4, 0.5) is 20.2 Å². The molecule has 1 aliphatic carbocycles. The lowest BCUT2D eigenvalue weighted by Crippen LogP contribution is -2.35. The third-order valence-electron chi connectivity index (χ3n) is 5.49. The molecule has 7 nitrogen and oxygen atoms in total. The second-order valence-electron chi connectivity index (χ2n) is 8.05. The van der Waals surface area contributed by atoms with Gasteiger partial charge in [0.05, 0.1) is 29.1 Å². The van der Waals surface area contributed by atoms with Crippen molar-refractivity contribution >= 4 is 23.1 Å². The number of carbonyl (C=O) groups is 2. The van der Waals surface area contributed by atoms with Crippen LogP contribution in [0.3, 0.4) is 0 Å². The molecule has 2 N–H and O–H groups in total. The number of carbonyl (C=O) groups excluding carboxylic acids is 2. The Morgan fingerprint density at radius 1 is 1.24 bits per heavy atom. The molecule has 0 radical (unpaired) electrons. The fraction of sp³-hybridized carbons (Fsp3) is 0.292. The number of aromatic nitrogens is 2. The van der Waals surface area contributed by atoms with E-state index in [0.29, 0.717) is 34.6 Å². The summed E-state index contributed by atoms with van der Waals surface area (Å²) < 4.78 is 30.9. The second kappa shape index (κ2) is 9.40. The van der Waals surface area contributed by atoms with E-state index in [4.69, 9.17) is 4.74 Å². The average molecular weight is 454 g/mol. The highest BCUT2D eigenvalue weighted by atomic mass is 19.3. The summed E-state index contributed by atoms with van der Waals surface area (Å²) in [6, 6.07) is 10.9. The fourth-order valence-electron chi connectivity index (χ4n) is 4.04. The molecule has 1 unspecified atom stereocenters. The van der Waals surface area contributed by atoms with Gasteiger partial charge in [-0.2, -0.15) is 0 Å². The minimum Gasteiger partial charge on any atom is -0.485 e. The summed E-state index contributed by atoms with van der Waals surface area (Å²) >= 11 is 0. The molecule has 2 aromatic heterocycles. The molecule has 172 valence electrons. The zero-order valence-electron chi connectivity index (χ0n) is 18.3. The predicted octanol–water partition coefficient (Wildman–Crippen LogP) is 4.30. The number of halogens is 2. The number of nitrogens with zero attached hydrogens (tertiary/aromatic N) is 2. The van der Waals surface area contributed by atoms with Gasteiger partial charge >= 0.3 is 0 Å². The van der Waals surface area contributed by atoms with Crippen molar-refractivity contribution < 1.29 is 23.1 Å². The van der Waals surface area contributed by atoms with E-state index in [1.807, 2.05) is 30.3 Å². The van der Waals surface area contributed by atoms with Crippen LogP contribution in [0.15, 0.2) is 48.8 Å². The molecular weight excluding hydrogens is 430 g/mol. The molecule has 0 saturated heterocycles. The first-order valence-electron chi connectivity index (χ1n) is 10.5. The first-order valence-corrected chi connectivity index (χ1v) is 10.5. The van der Waals surface area contributed by atoms with Gasteiger partial charge < -0.3 is 19.9 Å². The van der Waals surface area contributed by atoms with Crippen molar-refractivity contribution in [2.24, 2.45) is 5.92 Å². The van der Waals surface area contributed by atoms with Crippen LogP contribution in [0.2, 0.25) is 0 Å². The summed E-state index contributed by atoms with van der Waals surface area (Å²) in [7, 11) is 3.32. The van der Waals surface area contributed by atoms with E-state index >= 15 is 0 Å². The van der Waals surface area contributed by atoms with Crippen LogP contribution in [0, 0.1) is 5.92 Å². The number of hydrogen-bond acceptors (Lipinski definition) is 5. The Morgan fingerprint density at radius 2 is 2.00 bits per heavy atom. The number of ether oxygens (including phenoxy) is 1. The number of hydrogen-bond donors (Lipinski definition) is 2. The number of benzene rings is 1. The zero-order chi connectivity index (χ0) is 23.5. The molecule has 3 aromatic rings. The number of nitrogens with one attached hydrogen (secondary N) is 2. The van der Waals surface area contributed by atoms with Crippen LogP contribution in [0.1, 0.15) is 22.5 Å². The van der Waals surface area contributed by atoms with Crippen molar-refractivity contribution in [1.29, 1.82) is 0 Å². The van der Waals surface area contributed by atoms with Gasteiger partial charge in [0.15, 0.2) is 5.78 Å². The normalized spacial score (nSPS) is 15.3. The van der Waals surface area contributed by atoms with Gasteiger partial charge in [0.2, 0.25) is 5.91 Å². The Hall–Kier alpha value is -3.75. The summed E-state index contributed by atoms with van der Waals surface area (Å²) in [5, 5.41) is 3.30. The van der Waals surface area contributed by atoms with E-state index in [0.717, 1.165) is 5.69 Å². The number of H-pyrrole nitrogens is 1. The van der Waals surface area contributed by atoms with Crippen LogP contribution < -0.4 is 10.1 Å². The lowest BCUT2D eigenvalue weighted by Gasteiger charge is -2.24. The van der Waals surface area contributed by atoms with E-state index in [2.05, 4.69) is 15.3 Å². The molecule has 0 bridgehead atoms. The van der Waals surface area contributed by atoms with Crippen molar-refractivity contribution in [2.75, 3.05) is 26.0 Å². The Balaban J connectivity index is 1.82. The fourth-order valence-corrected chi connectivity index (χ4v) is 4.04. The molecule has 0 saturated carbocycles. The van der Waals surface area contributed by atoms with E-state index in [-0.39, 0.29) is 23.9 Å². The summed E-state index contributed by atoms with van der Waals surface area (Å²) in [5.74, 6) is -0.585. The highest BCUT2D eigenvalue weighted by Crippen LogP contribution is 2.42. The van der Waals surface area contributed by atoms with Crippen LogP contribution in [0.25, 0.3) is 11.3 Å². The molecule has 4 rings (SSSR count). The lowest BCUT2D eigenvalue weighted by molar-refractivity contribution is -0.133. The third kappa shape index (κ3) is 4.72. The van der Waals surface area contributed by atoms with E-state index in [1.165, 1.54) is 17.3 Å². The van der Waals surface area contributed by atoms with E-state index in [9.17, 15) is 18.4 Å². The standard InChI is InChI=1S/C24H24F2N4O3/c1-30(2)24(32)14-10-17-21(18(31)11-14)23(28-15-6-4-3-5-7-15)22(29-17)16-8-9-27-12-19(16)33-13-20(25)26/h3-9,12,14,20,28-29H,10-11,13H2,1-2H3. The van der Waals surface area contributed by atoms with E-state index in [1.54, 1.807) is 20.2 Å². The molecule has 9 heteroatoms. The summed E-state index contributed by atoms with van der Waals surface area (Å²) in [5.41, 5.74) is 3.36. The number of para-hydroxylation sites is 1. The van der Waals surface area contributed by atoms with E-state index < -0.39 is 19.0 Å². The van der Waals surface area contributed by atoms with Gasteiger partial charge in [-0.25, -0.2) is 8.78 Å². The van der Waals surface area contributed by atoms with Gasteiger partial charge in [0, 0.05) is 50.1 Å². The average Bonchev–Trinajstić information content (AvgIpc) is 3.16. The Morgan fingerprint density at radius 3 is 2.70 bits per heavy atom. The number of pyridine rings is 1. The quantitative estimate of drug-likeness (QED) is 0.556. The molecule has 1 atom stereocenters. The highest BCUT2D eigenvalue weighted by molar-refractivity contribution is 6.09. The topological polar surface area (TPSA) is 87.3 Å². The largest absolute Gasteiger partial charge is 0.485 e. The number of amides is 1. The van der Waals surface area contributed by atoms with Gasteiger partial charge in [-0.15, -0.1) is 0 Å². The number of rotatable bonds is 7. The third-order valence-corrected chi connectivity index (χ3v) is 5.49. The van der Waals surface area contributed by atoms with Crippen LogP contribution in [-0.4, -0.2) is 53.7 Å². The number of Topliss-reactive ketones (excluding diaryl/α,β-unsaturated/α-hetero) is 1. The van der Waals surface area contributed by atoms with Crippen molar-refractivity contribution in [3.8, 4) is 17.0 Å². The zero-order valence-corrected chi connectivity index (χ0v) is 18.3. The smallest absolute Gasteiger partial charge is 0.272 e. The summed E-state index contributed by atoms with van der Waals surface area (Å²) in [6.07, 6.45) is 0.701. The molecule has 1 amide bonds. The Labute approximate surface area is 189 Å². The van der Waals surface area contributed by atoms with Crippen molar-refractivity contribution in [3.05, 3.63) is 60.0 Å². The van der Waals surface area contributed by atoms with Crippen LogP contribution >= 0.6 is 0 Å². The first kappa shape index (κ1) is 22.4. The molecule has 1 aliphatic rings. The van der Waals surface area contributed by atoms with Crippen LogP contribution in [0.5, 0.6) is 5.75 Å². The van der Waals surface area contributed by atoms with Crippen LogP contribution in [-0.2, 0) is 11.2 Å². The first-order chi connectivity index (χ1) is 15.8. The van der Waals surface area contributed by atoms with Gasteiger partial charge in [0.25, 0.3) is 6.43 Å². The highest BCUT2D eigenvalue weighted by Gasteiger charge is 2.36. The number of anilines is 2. The minimum atomic E-state index is -2.64. The lowest BCUT2D eigenvalue weighted by atomic mass is 9.85. The van der Waals surface area contributed by atoms with Crippen molar-refractivity contribution in [3.63, 3.8) is 0 Å². The number of aromatic amines is 1. The molecular formula is C24H24F2N4O3. The van der Waals surface area contributed by atoms with Gasteiger partial charge in [-0.3, -0.25) is 14.6 Å². The molecule has 2 heterocycles. The van der Waals surface area contributed by atoms with Crippen molar-refractivity contribution in [1.82, 2.24) is 14.9 Å². The molecule has 0 aliphatic heterocycles. The Bertz CT molecular complexity index is 1160. The maximum absolute atomic E-state index is 13.2. The molecule has 1 aromatic carbocycles. The maximum Gasteiger partial charge on any atom is 0.272 e. The monoisotopic (exact) mass is 454 g/mol. The number of alkyl halides is 2. The summed E-state index contributed by atoms with van der Waals surface area (Å²) in [4.78, 5) is 34.5. The molecule has 0 fully saturated rings. The van der Waals surface area contributed by atoms with Gasteiger partial charge in [-0.1, -0.05) is 18.2 Å². The second-order valence-corrected chi connectivity index (χ2v) is 8.05. The Kier molecular flexibility index (Phi) is 6.39. The van der Waals surface area contributed by atoms with Gasteiger partial charge in [0.1, 0.15) is 12.4 Å². The maximum atomic E-state index is 13.2. The molecule has 0 spiro atoms.